The lowest BCUT2D eigenvalue weighted by Crippen LogP contribution is -2.42. The molecule has 1 aromatic heterocycles. The first-order chi connectivity index (χ1) is 9.15. The lowest BCUT2D eigenvalue weighted by Gasteiger charge is -2.29. The molecule has 2 aromatic rings. The molecule has 0 aliphatic carbocycles. The molecule has 1 unspecified atom stereocenters. The lowest BCUT2D eigenvalue weighted by atomic mass is 9.94. The van der Waals surface area contributed by atoms with Crippen LogP contribution in [0, 0.1) is 0 Å². The average Bonchev–Trinajstić information content (AvgIpc) is 2.85. The SMILES string of the molecule is Cn1nccc1CCNC(C)(CCl)c1ccccc1. The average molecular weight is 278 g/mol. The molecule has 1 atom stereocenters. The molecule has 3 nitrogen and oxygen atoms in total. The van der Waals surface area contributed by atoms with Crippen molar-refractivity contribution in [2.45, 2.75) is 18.9 Å². The third-order valence-electron chi connectivity index (χ3n) is 3.50. The molecule has 0 aliphatic heterocycles. The van der Waals surface area contributed by atoms with E-state index in [2.05, 4.69) is 29.5 Å². The van der Waals surface area contributed by atoms with E-state index in [1.165, 1.54) is 11.3 Å². The van der Waals surface area contributed by atoms with Crippen LogP contribution in [-0.4, -0.2) is 22.2 Å². The number of aromatic nitrogens is 2. The minimum Gasteiger partial charge on any atom is -0.306 e. The summed E-state index contributed by atoms with van der Waals surface area (Å²) in [6.45, 7) is 3.01. The van der Waals surface area contributed by atoms with Crippen molar-refractivity contribution in [3.8, 4) is 0 Å². The van der Waals surface area contributed by atoms with E-state index in [0.29, 0.717) is 5.88 Å². The van der Waals surface area contributed by atoms with Gasteiger partial charge in [0.1, 0.15) is 0 Å². The van der Waals surface area contributed by atoms with Crippen molar-refractivity contribution in [2.24, 2.45) is 7.05 Å². The van der Waals surface area contributed by atoms with Crippen molar-refractivity contribution >= 4 is 11.6 Å². The number of aryl methyl sites for hydroxylation is 1. The number of benzene rings is 1. The van der Waals surface area contributed by atoms with Gasteiger partial charge in [-0.25, -0.2) is 0 Å². The minimum atomic E-state index is -0.193. The first-order valence-electron chi connectivity index (χ1n) is 6.49. The summed E-state index contributed by atoms with van der Waals surface area (Å²) in [6.07, 6.45) is 2.77. The number of nitrogens with one attached hydrogen (secondary N) is 1. The number of halogens is 1. The maximum atomic E-state index is 6.16. The Hall–Kier alpha value is -1.32. The largest absolute Gasteiger partial charge is 0.306 e. The molecule has 4 heteroatoms. The highest BCUT2D eigenvalue weighted by atomic mass is 35.5. The lowest BCUT2D eigenvalue weighted by molar-refractivity contribution is 0.409. The van der Waals surface area contributed by atoms with Crippen molar-refractivity contribution < 1.29 is 0 Å². The van der Waals surface area contributed by atoms with Gasteiger partial charge in [0.25, 0.3) is 0 Å². The highest BCUT2D eigenvalue weighted by Gasteiger charge is 2.24. The van der Waals surface area contributed by atoms with Gasteiger partial charge in [-0.15, -0.1) is 11.6 Å². The highest BCUT2D eigenvalue weighted by molar-refractivity contribution is 6.18. The smallest absolute Gasteiger partial charge is 0.0543 e. The van der Waals surface area contributed by atoms with E-state index in [9.17, 15) is 0 Å². The van der Waals surface area contributed by atoms with Crippen LogP contribution in [0.3, 0.4) is 0 Å². The molecule has 0 amide bonds. The third-order valence-corrected chi connectivity index (χ3v) is 4.03. The summed E-state index contributed by atoms with van der Waals surface area (Å²) in [5.41, 5.74) is 2.24. The number of nitrogens with zero attached hydrogens (tertiary/aromatic N) is 2. The molecule has 0 saturated carbocycles. The quantitative estimate of drug-likeness (QED) is 0.823. The van der Waals surface area contributed by atoms with Crippen molar-refractivity contribution in [2.75, 3.05) is 12.4 Å². The van der Waals surface area contributed by atoms with Crippen LogP contribution in [0.15, 0.2) is 42.6 Å². The topological polar surface area (TPSA) is 29.9 Å². The van der Waals surface area contributed by atoms with E-state index in [1.54, 1.807) is 0 Å². The molecule has 1 heterocycles. The van der Waals surface area contributed by atoms with Gasteiger partial charge < -0.3 is 5.32 Å². The monoisotopic (exact) mass is 277 g/mol. The van der Waals surface area contributed by atoms with Crippen molar-refractivity contribution in [3.05, 3.63) is 53.9 Å². The molecule has 0 radical (unpaired) electrons. The summed E-state index contributed by atoms with van der Waals surface area (Å²) >= 11 is 6.16. The van der Waals surface area contributed by atoms with Crippen LogP contribution in [-0.2, 0) is 19.0 Å². The first kappa shape index (κ1) is 14.1. The van der Waals surface area contributed by atoms with Gasteiger partial charge in [0.15, 0.2) is 0 Å². The van der Waals surface area contributed by atoms with Crippen LogP contribution in [0.2, 0.25) is 0 Å². The van der Waals surface area contributed by atoms with Crippen LogP contribution < -0.4 is 5.32 Å². The van der Waals surface area contributed by atoms with E-state index >= 15 is 0 Å². The van der Waals surface area contributed by atoms with Gasteiger partial charge in [0.05, 0.1) is 5.54 Å². The Bertz CT molecular complexity index is 509. The zero-order valence-electron chi connectivity index (χ0n) is 11.4. The van der Waals surface area contributed by atoms with Gasteiger partial charge in [-0.3, -0.25) is 4.68 Å². The third kappa shape index (κ3) is 3.37. The maximum Gasteiger partial charge on any atom is 0.0543 e. The Labute approximate surface area is 119 Å². The fourth-order valence-corrected chi connectivity index (χ4v) is 2.39. The normalized spacial score (nSPS) is 14.3. The van der Waals surface area contributed by atoms with Crippen molar-refractivity contribution in [3.63, 3.8) is 0 Å². The van der Waals surface area contributed by atoms with Gasteiger partial charge >= 0.3 is 0 Å². The molecule has 1 N–H and O–H groups in total. The Morgan fingerprint density at radius 1 is 1.26 bits per heavy atom. The van der Waals surface area contributed by atoms with E-state index < -0.39 is 0 Å². The van der Waals surface area contributed by atoms with Gasteiger partial charge in [-0.1, -0.05) is 30.3 Å². The van der Waals surface area contributed by atoms with Gasteiger partial charge in [-0.05, 0) is 18.6 Å². The molecular weight excluding hydrogens is 258 g/mol. The zero-order valence-corrected chi connectivity index (χ0v) is 12.2. The van der Waals surface area contributed by atoms with Crippen LogP contribution in [0.1, 0.15) is 18.2 Å². The molecule has 2 rings (SSSR count). The van der Waals surface area contributed by atoms with Gasteiger partial charge in [0, 0.05) is 37.8 Å². The molecule has 0 fully saturated rings. The summed E-state index contributed by atoms with van der Waals surface area (Å²) in [6, 6.07) is 12.4. The molecule has 0 aliphatic rings. The summed E-state index contributed by atoms with van der Waals surface area (Å²) in [4.78, 5) is 0. The fourth-order valence-electron chi connectivity index (χ4n) is 2.15. The molecule has 0 spiro atoms. The standard InChI is InChI=1S/C15H20ClN3/c1-15(12-16,13-6-4-3-5-7-13)17-10-8-14-9-11-18-19(14)2/h3-7,9,11,17H,8,10,12H2,1-2H3. The number of rotatable bonds is 6. The van der Waals surface area contributed by atoms with Gasteiger partial charge in [-0.2, -0.15) is 5.10 Å². The number of hydrogen-bond donors (Lipinski definition) is 1. The maximum absolute atomic E-state index is 6.16. The molecule has 102 valence electrons. The second-order valence-electron chi connectivity index (χ2n) is 4.95. The van der Waals surface area contributed by atoms with Crippen molar-refractivity contribution in [1.29, 1.82) is 0 Å². The molecular formula is C15H20ClN3. The summed E-state index contributed by atoms with van der Waals surface area (Å²) in [5.74, 6) is 0.544. The Morgan fingerprint density at radius 2 is 2.00 bits per heavy atom. The zero-order chi connectivity index (χ0) is 13.7. The Balaban J connectivity index is 1.98. The Morgan fingerprint density at radius 3 is 2.58 bits per heavy atom. The van der Waals surface area contributed by atoms with Gasteiger partial charge in [0.2, 0.25) is 0 Å². The molecule has 0 saturated heterocycles. The summed E-state index contributed by atoms with van der Waals surface area (Å²) in [5, 5.41) is 7.73. The summed E-state index contributed by atoms with van der Waals surface area (Å²) < 4.78 is 1.90. The molecule has 19 heavy (non-hydrogen) atoms. The summed E-state index contributed by atoms with van der Waals surface area (Å²) in [7, 11) is 1.97. The molecule has 0 bridgehead atoms. The van der Waals surface area contributed by atoms with E-state index in [1.807, 2.05) is 42.2 Å². The first-order valence-corrected chi connectivity index (χ1v) is 7.02. The van der Waals surface area contributed by atoms with Crippen LogP contribution in [0.5, 0.6) is 0 Å². The van der Waals surface area contributed by atoms with E-state index in [-0.39, 0.29) is 5.54 Å². The predicted molar refractivity (Wildman–Crippen MR) is 79.4 cm³/mol. The predicted octanol–water partition coefficient (Wildman–Crippen LogP) is 2.71. The molecule has 1 aromatic carbocycles. The second kappa shape index (κ2) is 6.22. The van der Waals surface area contributed by atoms with Crippen LogP contribution >= 0.6 is 11.6 Å². The van der Waals surface area contributed by atoms with Crippen LogP contribution in [0.4, 0.5) is 0 Å². The van der Waals surface area contributed by atoms with E-state index in [4.69, 9.17) is 11.6 Å². The second-order valence-corrected chi connectivity index (χ2v) is 5.22. The Kier molecular flexibility index (Phi) is 4.61. The minimum absolute atomic E-state index is 0.193. The number of alkyl halides is 1. The fraction of sp³-hybridized carbons (Fsp3) is 0.400. The highest BCUT2D eigenvalue weighted by Crippen LogP contribution is 2.21. The van der Waals surface area contributed by atoms with Crippen molar-refractivity contribution in [1.82, 2.24) is 15.1 Å². The van der Waals surface area contributed by atoms with Crippen LogP contribution in [0.25, 0.3) is 0 Å². The number of hydrogen-bond acceptors (Lipinski definition) is 2. The van der Waals surface area contributed by atoms with E-state index in [0.717, 1.165) is 13.0 Å².